The summed E-state index contributed by atoms with van der Waals surface area (Å²) in [4.78, 5) is 21.9. The van der Waals surface area contributed by atoms with Crippen LogP contribution in [0.4, 0.5) is 11.8 Å². The number of aliphatic carboxylic acids is 1. The number of hydrogen-bond donors (Lipinski definition) is 2. The van der Waals surface area contributed by atoms with Crippen molar-refractivity contribution < 1.29 is 9.90 Å². The SMILES string of the molecule is CCc1cc(NC(CC(=O)O)c2ccccc2)nc(N(C)C)n1. The number of carbonyl (C=O) groups is 1. The molecule has 0 aliphatic carbocycles. The Hall–Kier alpha value is -2.63. The Bertz CT molecular complexity index is 659. The van der Waals surface area contributed by atoms with Crippen LogP contribution in [0.3, 0.4) is 0 Å². The second kappa shape index (κ2) is 7.58. The number of hydrogen-bond acceptors (Lipinski definition) is 5. The van der Waals surface area contributed by atoms with Crippen molar-refractivity contribution in [3.05, 3.63) is 47.7 Å². The molecule has 1 aromatic carbocycles. The first kappa shape index (κ1) is 16.7. The molecule has 0 aliphatic rings. The van der Waals surface area contributed by atoms with Crippen LogP contribution in [-0.4, -0.2) is 35.1 Å². The first-order valence-electron chi connectivity index (χ1n) is 7.58. The summed E-state index contributed by atoms with van der Waals surface area (Å²) in [5, 5.41) is 12.4. The van der Waals surface area contributed by atoms with Gasteiger partial charge in [0.15, 0.2) is 0 Å². The lowest BCUT2D eigenvalue weighted by Gasteiger charge is -2.20. The summed E-state index contributed by atoms with van der Waals surface area (Å²) < 4.78 is 0. The fraction of sp³-hybridized carbons (Fsp3) is 0.353. The van der Waals surface area contributed by atoms with Crippen LogP contribution in [0.5, 0.6) is 0 Å². The number of carboxylic acids is 1. The van der Waals surface area contributed by atoms with Gasteiger partial charge in [0, 0.05) is 25.9 Å². The lowest BCUT2D eigenvalue weighted by molar-refractivity contribution is -0.137. The fourth-order valence-corrected chi connectivity index (χ4v) is 2.23. The highest BCUT2D eigenvalue weighted by atomic mass is 16.4. The van der Waals surface area contributed by atoms with Gasteiger partial charge in [-0.25, -0.2) is 4.98 Å². The van der Waals surface area contributed by atoms with Gasteiger partial charge in [0.25, 0.3) is 0 Å². The fourth-order valence-electron chi connectivity index (χ4n) is 2.23. The smallest absolute Gasteiger partial charge is 0.305 e. The van der Waals surface area contributed by atoms with E-state index in [1.807, 2.05) is 62.3 Å². The van der Waals surface area contributed by atoms with Crippen LogP contribution in [0.25, 0.3) is 0 Å². The first-order chi connectivity index (χ1) is 11.0. The van der Waals surface area contributed by atoms with Crippen LogP contribution in [0.1, 0.15) is 30.6 Å². The number of benzene rings is 1. The molecular formula is C17H22N4O2. The standard InChI is InChI=1S/C17H22N4O2/c1-4-13-10-15(20-17(18-13)21(2)3)19-14(11-16(22)23)12-8-6-5-7-9-12/h5-10,14H,4,11H2,1-3H3,(H,22,23)(H,18,19,20). The Kier molecular flexibility index (Phi) is 5.51. The summed E-state index contributed by atoms with van der Waals surface area (Å²) in [6.07, 6.45) is 0.764. The van der Waals surface area contributed by atoms with Crippen molar-refractivity contribution in [3.8, 4) is 0 Å². The Balaban J connectivity index is 2.32. The lowest BCUT2D eigenvalue weighted by Crippen LogP contribution is -2.19. The van der Waals surface area contributed by atoms with E-state index in [4.69, 9.17) is 0 Å². The van der Waals surface area contributed by atoms with E-state index in [9.17, 15) is 9.90 Å². The van der Waals surface area contributed by atoms with Crippen LogP contribution >= 0.6 is 0 Å². The minimum absolute atomic E-state index is 0.0211. The molecule has 2 rings (SSSR count). The van der Waals surface area contributed by atoms with Gasteiger partial charge < -0.3 is 15.3 Å². The Morgan fingerprint density at radius 2 is 1.96 bits per heavy atom. The third kappa shape index (κ3) is 4.67. The van der Waals surface area contributed by atoms with Crippen molar-refractivity contribution in [3.63, 3.8) is 0 Å². The maximum atomic E-state index is 11.2. The van der Waals surface area contributed by atoms with E-state index in [0.717, 1.165) is 17.7 Å². The highest BCUT2D eigenvalue weighted by Crippen LogP contribution is 2.23. The minimum Gasteiger partial charge on any atom is -0.481 e. The van der Waals surface area contributed by atoms with Crippen molar-refractivity contribution in [1.82, 2.24) is 9.97 Å². The number of nitrogens with zero attached hydrogens (tertiary/aromatic N) is 3. The van der Waals surface area contributed by atoms with Crippen molar-refractivity contribution in [2.45, 2.75) is 25.8 Å². The van der Waals surface area contributed by atoms with Crippen LogP contribution in [0.2, 0.25) is 0 Å². The molecule has 0 radical (unpaired) electrons. The second-order valence-corrected chi connectivity index (χ2v) is 5.50. The van der Waals surface area contributed by atoms with E-state index in [2.05, 4.69) is 15.3 Å². The Labute approximate surface area is 136 Å². The summed E-state index contributed by atoms with van der Waals surface area (Å²) in [5.74, 6) is 0.383. The Morgan fingerprint density at radius 1 is 1.26 bits per heavy atom. The minimum atomic E-state index is -0.857. The zero-order chi connectivity index (χ0) is 16.8. The van der Waals surface area contributed by atoms with Crippen LogP contribution < -0.4 is 10.2 Å². The average molecular weight is 314 g/mol. The van der Waals surface area contributed by atoms with E-state index >= 15 is 0 Å². The normalized spacial score (nSPS) is 11.8. The molecule has 0 spiro atoms. The Morgan fingerprint density at radius 3 is 2.52 bits per heavy atom. The van der Waals surface area contributed by atoms with Gasteiger partial charge in [-0.05, 0) is 12.0 Å². The van der Waals surface area contributed by atoms with Crippen LogP contribution in [0.15, 0.2) is 36.4 Å². The van der Waals surface area contributed by atoms with Gasteiger partial charge in [-0.15, -0.1) is 0 Å². The molecule has 0 amide bonds. The number of aryl methyl sites for hydroxylation is 1. The molecule has 122 valence electrons. The maximum absolute atomic E-state index is 11.2. The molecule has 0 aliphatic heterocycles. The molecule has 1 heterocycles. The van der Waals surface area contributed by atoms with E-state index in [1.54, 1.807) is 0 Å². The van der Waals surface area contributed by atoms with Crippen molar-refractivity contribution in [2.24, 2.45) is 0 Å². The monoisotopic (exact) mass is 314 g/mol. The van der Waals surface area contributed by atoms with Gasteiger partial charge in [0.2, 0.25) is 5.95 Å². The highest BCUT2D eigenvalue weighted by Gasteiger charge is 2.17. The molecule has 0 saturated heterocycles. The predicted octanol–water partition coefficient (Wildman–Crippen LogP) is 2.73. The molecule has 0 fully saturated rings. The largest absolute Gasteiger partial charge is 0.481 e. The molecule has 1 aromatic heterocycles. The van der Waals surface area contributed by atoms with Gasteiger partial charge in [-0.3, -0.25) is 4.79 Å². The molecule has 2 aromatic rings. The third-order valence-electron chi connectivity index (χ3n) is 3.43. The number of rotatable bonds is 7. The van der Waals surface area contributed by atoms with Crippen LogP contribution in [-0.2, 0) is 11.2 Å². The summed E-state index contributed by atoms with van der Waals surface area (Å²) in [6.45, 7) is 2.03. The van der Waals surface area contributed by atoms with E-state index in [0.29, 0.717) is 11.8 Å². The van der Waals surface area contributed by atoms with Gasteiger partial charge in [-0.2, -0.15) is 4.98 Å². The van der Waals surface area contributed by atoms with Gasteiger partial charge >= 0.3 is 5.97 Å². The van der Waals surface area contributed by atoms with Crippen molar-refractivity contribution >= 4 is 17.7 Å². The number of carboxylic acid groups (broad SMARTS) is 1. The predicted molar refractivity (Wildman–Crippen MR) is 90.8 cm³/mol. The number of anilines is 2. The molecule has 23 heavy (non-hydrogen) atoms. The summed E-state index contributed by atoms with van der Waals surface area (Å²) >= 11 is 0. The zero-order valence-corrected chi connectivity index (χ0v) is 13.7. The lowest BCUT2D eigenvalue weighted by atomic mass is 10.0. The molecule has 1 atom stereocenters. The van der Waals surface area contributed by atoms with Gasteiger partial charge in [-0.1, -0.05) is 37.3 Å². The number of aromatic nitrogens is 2. The maximum Gasteiger partial charge on any atom is 0.305 e. The third-order valence-corrected chi connectivity index (χ3v) is 3.43. The van der Waals surface area contributed by atoms with Crippen molar-refractivity contribution in [1.29, 1.82) is 0 Å². The van der Waals surface area contributed by atoms with Gasteiger partial charge in [0.1, 0.15) is 5.82 Å². The highest BCUT2D eigenvalue weighted by molar-refractivity contribution is 5.68. The van der Waals surface area contributed by atoms with E-state index in [-0.39, 0.29) is 12.5 Å². The van der Waals surface area contributed by atoms with Crippen LogP contribution in [0, 0.1) is 0 Å². The van der Waals surface area contributed by atoms with E-state index < -0.39 is 5.97 Å². The van der Waals surface area contributed by atoms with E-state index in [1.165, 1.54) is 0 Å². The average Bonchev–Trinajstić information content (AvgIpc) is 2.54. The topological polar surface area (TPSA) is 78.3 Å². The zero-order valence-electron chi connectivity index (χ0n) is 13.7. The second-order valence-electron chi connectivity index (χ2n) is 5.50. The molecule has 1 unspecified atom stereocenters. The quantitative estimate of drug-likeness (QED) is 0.818. The van der Waals surface area contributed by atoms with Crippen molar-refractivity contribution in [2.75, 3.05) is 24.3 Å². The van der Waals surface area contributed by atoms with Gasteiger partial charge in [0.05, 0.1) is 12.5 Å². The first-order valence-corrected chi connectivity index (χ1v) is 7.58. The summed E-state index contributed by atoms with van der Waals surface area (Å²) in [6, 6.07) is 11.0. The summed E-state index contributed by atoms with van der Waals surface area (Å²) in [7, 11) is 3.76. The molecule has 0 saturated carbocycles. The number of nitrogens with one attached hydrogen (secondary N) is 1. The molecular weight excluding hydrogens is 292 g/mol. The molecule has 6 nitrogen and oxygen atoms in total. The molecule has 6 heteroatoms. The molecule has 2 N–H and O–H groups in total. The summed E-state index contributed by atoms with van der Waals surface area (Å²) in [5.41, 5.74) is 1.83. The molecule has 0 bridgehead atoms.